The van der Waals surface area contributed by atoms with E-state index in [2.05, 4.69) is 27.5 Å². The molecule has 0 aliphatic heterocycles. The number of benzene rings is 2. The molecule has 1 unspecified atom stereocenters. The maximum atomic E-state index is 13.5. The van der Waals surface area contributed by atoms with E-state index in [1.807, 2.05) is 61.5 Å². The lowest BCUT2D eigenvalue weighted by atomic mass is 9.96. The number of ether oxygens (including phenoxy) is 1. The summed E-state index contributed by atoms with van der Waals surface area (Å²) < 4.78 is 5.07. The molecule has 0 saturated carbocycles. The van der Waals surface area contributed by atoms with Gasteiger partial charge >= 0.3 is 6.03 Å². The third-order valence-corrected chi connectivity index (χ3v) is 5.82. The summed E-state index contributed by atoms with van der Waals surface area (Å²) in [5.74, 6) is 0.0443. The summed E-state index contributed by atoms with van der Waals surface area (Å²) in [6.45, 7) is 8.05. The van der Waals surface area contributed by atoms with Crippen molar-refractivity contribution in [1.29, 1.82) is 0 Å². The van der Waals surface area contributed by atoms with Crippen LogP contribution in [0.4, 0.5) is 22.0 Å². The van der Waals surface area contributed by atoms with Gasteiger partial charge in [0.25, 0.3) is 0 Å². The molecule has 0 bridgehead atoms. The second kappa shape index (κ2) is 13.1. The Kier molecular flexibility index (Phi) is 9.69. The highest BCUT2D eigenvalue weighted by molar-refractivity contribution is 6.30. The van der Waals surface area contributed by atoms with Crippen LogP contribution in [0.25, 0.3) is 5.57 Å². The van der Waals surface area contributed by atoms with Crippen molar-refractivity contribution in [1.82, 2.24) is 10.3 Å². The van der Waals surface area contributed by atoms with Crippen molar-refractivity contribution in [3.8, 4) is 0 Å². The summed E-state index contributed by atoms with van der Waals surface area (Å²) in [5, 5.41) is 8.56. The molecule has 1 aromatic heterocycles. The predicted molar refractivity (Wildman–Crippen MR) is 146 cm³/mol. The van der Waals surface area contributed by atoms with E-state index in [4.69, 9.17) is 4.74 Å². The molecular formula is C29H32N4O4. The average Bonchev–Trinajstić information content (AvgIpc) is 2.91. The van der Waals surface area contributed by atoms with Crippen molar-refractivity contribution >= 4 is 40.4 Å². The predicted octanol–water partition coefficient (Wildman–Crippen LogP) is 5.40. The Hall–Kier alpha value is -4.30. The van der Waals surface area contributed by atoms with Crippen molar-refractivity contribution in [2.24, 2.45) is 0 Å². The molecule has 0 radical (unpaired) electrons. The van der Waals surface area contributed by atoms with Crippen molar-refractivity contribution in [3.63, 3.8) is 0 Å². The van der Waals surface area contributed by atoms with Gasteiger partial charge in [-0.1, -0.05) is 49.0 Å². The highest BCUT2D eigenvalue weighted by atomic mass is 16.5. The van der Waals surface area contributed by atoms with E-state index >= 15 is 0 Å². The number of urea groups is 1. The zero-order valence-electron chi connectivity index (χ0n) is 21.3. The van der Waals surface area contributed by atoms with Crippen LogP contribution in [0.3, 0.4) is 0 Å². The minimum atomic E-state index is -0.424. The number of aromatic nitrogens is 1. The van der Waals surface area contributed by atoms with Gasteiger partial charge in [0.1, 0.15) is 11.9 Å². The first-order chi connectivity index (χ1) is 17.8. The number of para-hydroxylation sites is 1. The van der Waals surface area contributed by atoms with Gasteiger partial charge < -0.3 is 15.4 Å². The summed E-state index contributed by atoms with van der Waals surface area (Å²) in [6.07, 6.45) is 1.97. The molecule has 37 heavy (non-hydrogen) atoms. The van der Waals surface area contributed by atoms with Crippen LogP contribution in [0.5, 0.6) is 0 Å². The average molecular weight is 501 g/mol. The number of nitrogens with zero attached hydrogens (tertiary/aromatic N) is 1. The van der Waals surface area contributed by atoms with Gasteiger partial charge in [0.05, 0.1) is 11.3 Å². The number of Topliss-reactive ketones (excluding diaryl/α,β-unsaturated/α-hetero) is 2. The number of rotatable bonds is 12. The molecule has 1 heterocycles. The lowest BCUT2D eigenvalue weighted by Crippen LogP contribution is -2.28. The van der Waals surface area contributed by atoms with Gasteiger partial charge in [0.15, 0.2) is 11.6 Å². The summed E-state index contributed by atoms with van der Waals surface area (Å²) >= 11 is 0. The summed E-state index contributed by atoms with van der Waals surface area (Å²) in [5.41, 5.74) is 3.53. The molecule has 0 fully saturated rings. The lowest BCUT2D eigenvalue weighted by molar-refractivity contribution is -0.127. The number of nitrogens with one attached hydrogen (secondary N) is 3. The van der Waals surface area contributed by atoms with Gasteiger partial charge in [-0.3, -0.25) is 14.9 Å². The Bertz CT molecular complexity index is 1260. The van der Waals surface area contributed by atoms with Gasteiger partial charge in [0, 0.05) is 43.6 Å². The van der Waals surface area contributed by atoms with Crippen LogP contribution in [0.1, 0.15) is 41.8 Å². The zero-order valence-corrected chi connectivity index (χ0v) is 21.3. The molecule has 2 aromatic carbocycles. The number of aryl methyl sites for hydroxylation is 1. The van der Waals surface area contributed by atoms with Crippen molar-refractivity contribution < 1.29 is 19.1 Å². The van der Waals surface area contributed by atoms with Gasteiger partial charge in [0.2, 0.25) is 0 Å². The zero-order chi connectivity index (χ0) is 26.8. The monoisotopic (exact) mass is 500 g/mol. The smallest absolute Gasteiger partial charge is 0.320 e. The van der Waals surface area contributed by atoms with Crippen molar-refractivity contribution in [2.45, 2.75) is 32.8 Å². The number of amides is 2. The molecule has 0 aliphatic carbocycles. The van der Waals surface area contributed by atoms with E-state index in [0.717, 1.165) is 11.3 Å². The van der Waals surface area contributed by atoms with Crippen LogP contribution in [-0.4, -0.2) is 42.3 Å². The molecule has 3 rings (SSSR count). The first-order valence-electron chi connectivity index (χ1n) is 12.1. The third-order valence-electron chi connectivity index (χ3n) is 5.82. The Labute approximate surface area is 217 Å². The van der Waals surface area contributed by atoms with Crippen molar-refractivity contribution in [3.05, 3.63) is 90.1 Å². The maximum absolute atomic E-state index is 13.5. The Balaban J connectivity index is 1.80. The number of carbonyl (C=O) groups is 3. The van der Waals surface area contributed by atoms with E-state index < -0.39 is 6.10 Å². The largest absolute Gasteiger partial charge is 0.374 e. The van der Waals surface area contributed by atoms with Crippen LogP contribution in [0.2, 0.25) is 0 Å². The van der Waals surface area contributed by atoms with Crippen LogP contribution in [-0.2, 0) is 16.0 Å². The molecule has 192 valence electrons. The standard InChI is InChI=1S/C29H32N4O4/c1-5-30-29(36)33-27-17-25(32-23-9-7-6-8-10-23)24(18-31-27)28(35)19(2)22-14-11-21(12-15-22)13-16-26(34)20(3)37-4/h6-12,14-15,17-18,20H,2,5,13,16H2,1,3-4H3,(H3,30,31,32,33,36). The normalized spacial score (nSPS) is 11.3. The molecule has 3 aromatic rings. The number of anilines is 3. The van der Waals surface area contributed by atoms with E-state index in [9.17, 15) is 14.4 Å². The Morgan fingerprint density at radius 2 is 1.76 bits per heavy atom. The molecule has 1 atom stereocenters. The fourth-order valence-electron chi connectivity index (χ4n) is 3.57. The highest BCUT2D eigenvalue weighted by Gasteiger charge is 2.19. The third kappa shape index (κ3) is 7.59. The molecular weight excluding hydrogens is 468 g/mol. The van der Waals surface area contributed by atoms with E-state index in [0.29, 0.717) is 47.6 Å². The second-order valence-electron chi connectivity index (χ2n) is 8.44. The minimum Gasteiger partial charge on any atom is -0.374 e. The second-order valence-corrected chi connectivity index (χ2v) is 8.44. The van der Waals surface area contributed by atoms with E-state index in [1.165, 1.54) is 13.3 Å². The van der Waals surface area contributed by atoms with Crippen LogP contribution >= 0.6 is 0 Å². The first-order valence-corrected chi connectivity index (χ1v) is 12.1. The fourth-order valence-corrected chi connectivity index (χ4v) is 3.57. The number of allylic oxidation sites excluding steroid dienone is 1. The minimum absolute atomic E-state index is 0.0437. The topological polar surface area (TPSA) is 109 Å². The Morgan fingerprint density at radius 1 is 1.05 bits per heavy atom. The molecule has 2 amide bonds. The molecule has 3 N–H and O–H groups in total. The van der Waals surface area contributed by atoms with Gasteiger partial charge in [-0.15, -0.1) is 0 Å². The summed E-state index contributed by atoms with van der Waals surface area (Å²) in [6, 6.07) is 18.0. The van der Waals surface area contributed by atoms with Crippen LogP contribution < -0.4 is 16.0 Å². The lowest BCUT2D eigenvalue weighted by Gasteiger charge is -2.15. The number of pyridine rings is 1. The highest BCUT2D eigenvalue weighted by Crippen LogP contribution is 2.28. The van der Waals surface area contributed by atoms with Crippen LogP contribution in [0, 0.1) is 0 Å². The first kappa shape index (κ1) is 27.3. The number of carbonyl (C=O) groups excluding carboxylic acids is 3. The maximum Gasteiger partial charge on any atom is 0.320 e. The molecule has 0 saturated heterocycles. The van der Waals surface area contributed by atoms with Crippen molar-refractivity contribution in [2.75, 3.05) is 24.3 Å². The fraction of sp³-hybridized carbons (Fsp3) is 0.241. The molecule has 8 heteroatoms. The number of ketones is 2. The van der Waals surface area contributed by atoms with E-state index in [-0.39, 0.29) is 17.6 Å². The number of hydrogen-bond acceptors (Lipinski definition) is 6. The van der Waals surface area contributed by atoms with Crippen LogP contribution in [0.15, 0.2) is 73.4 Å². The number of hydrogen-bond donors (Lipinski definition) is 3. The Morgan fingerprint density at radius 3 is 2.41 bits per heavy atom. The quantitative estimate of drug-likeness (QED) is 0.227. The summed E-state index contributed by atoms with van der Waals surface area (Å²) in [7, 11) is 1.52. The molecule has 8 nitrogen and oxygen atoms in total. The molecule has 0 aliphatic rings. The van der Waals surface area contributed by atoms with E-state index in [1.54, 1.807) is 13.0 Å². The molecule has 0 spiro atoms. The SMILES string of the molecule is C=C(C(=O)c1cnc(NC(=O)NCC)cc1Nc1ccccc1)c1ccc(CCC(=O)C(C)OC)cc1. The van der Waals surface area contributed by atoms with Gasteiger partial charge in [-0.05, 0) is 43.5 Å². The van der Waals surface area contributed by atoms with Gasteiger partial charge in [-0.2, -0.15) is 0 Å². The van der Waals surface area contributed by atoms with Gasteiger partial charge in [-0.25, -0.2) is 9.78 Å². The number of methoxy groups -OCH3 is 1. The summed E-state index contributed by atoms with van der Waals surface area (Å²) in [4.78, 5) is 41.7.